The van der Waals surface area contributed by atoms with E-state index in [1.807, 2.05) is 12.3 Å². The standard InChI is InChI=1S/C15H14Br3N/c16-9-12(7-11-1-3-13(17)4-2-11)8-15-6-5-14(18)10-19-15/h1-6,10,12H,7-9H2. The van der Waals surface area contributed by atoms with Gasteiger partial charge in [0.25, 0.3) is 0 Å². The van der Waals surface area contributed by atoms with Crippen molar-refractivity contribution in [3.63, 3.8) is 0 Å². The van der Waals surface area contributed by atoms with Crippen molar-refractivity contribution in [3.05, 3.63) is 62.8 Å². The molecule has 0 bridgehead atoms. The fourth-order valence-electron chi connectivity index (χ4n) is 1.96. The number of rotatable bonds is 5. The Morgan fingerprint density at radius 3 is 2.16 bits per heavy atom. The Labute approximate surface area is 139 Å². The van der Waals surface area contributed by atoms with Gasteiger partial charge in [-0.3, -0.25) is 4.98 Å². The summed E-state index contributed by atoms with van der Waals surface area (Å²) in [5.74, 6) is 0.565. The monoisotopic (exact) mass is 445 g/mol. The molecular weight excluding hydrogens is 434 g/mol. The van der Waals surface area contributed by atoms with E-state index in [9.17, 15) is 0 Å². The van der Waals surface area contributed by atoms with Crippen LogP contribution in [0.5, 0.6) is 0 Å². The van der Waals surface area contributed by atoms with Crippen LogP contribution in [-0.2, 0) is 12.8 Å². The Morgan fingerprint density at radius 2 is 1.58 bits per heavy atom. The molecule has 0 N–H and O–H groups in total. The van der Waals surface area contributed by atoms with Crippen LogP contribution in [0.25, 0.3) is 0 Å². The van der Waals surface area contributed by atoms with Crippen LogP contribution in [0.3, 0.4) is 0 Å². The van der Waals surface area contributed by atoms with Gasteiger partial charge < -0.3 is 0 Å². The number of alkyl halides is 1. The van der Waals surface area contributed by atoms with Crippen LogP contribution in [-0.4, -0.2) is 10.3 Å². The molecule has 0 saturated carbocycles. The highest BCUT2D eigenvalue weighted by molar-refractivity contribution is 9.10. The summed E-state index contributed by atoms with van der Waals surface area (Å²) >= 11 is 10.5. The second-order valence-corrected chi connectivity index (χ2v) is 7.00. The average molecular weight is 448 g/mol. The maximum atomic E-state index is 4.45. The highest BCUT2D eigenvalue weighted by Crippen LogP contribution is 2.19. The predicted molar refractivity (Wildman–Crippen MR) is 90.8 cm³/mol. The van der Waals surface area contributed by atoms with E-state index in [0.29, 0.717) is 5.92 Å². The van der Waals surface area contributed by atoms with Gasteiger partial charge in [-0.2, -0.15) is 0 Å². The molecule has 100 valence electrons. The SMILES string of the molecule is BrCC(Cc1ccc(Br)cc1)Cc1ccc(Br)cn1. The lowest BCUT2D eigenvalue weighted by Crippen LogP contribution is -2.10. The summed E-state index contributed by atoms with van der Waals surface area (Å²) in [5.41, 5.74) is 2.51. The molecule has 1 nitrogen and oxygen atoms in total. The van der Waals surface area contributed by atoms with Crippen LogP contribution < -0.4 is 0 Å². The zero-order valence-electron chi connectivity index (χ0n) is 10.3. The molecular formula is C15H14Br3N. The zero-order chi connectivity index (χ0) is 13.7. The zero-order valence-corrected chi connectivity index (χ0v) is 15.1. The fraction of sp³-hybridized carbons (Fsp3) is 0.267. The van der Waals surface area contributed by atoms with Crippen molar-refractivity contribution < 1.29 is 0 Å². The Balaban J connectivity index is 2.00. The van der Waals surface area contributed by atoms with Crippen molar-refractivity contribution in [1.29, 1.82) is 0 Å². The topological polar surface area (TPSA) is 12.9 Å². The van der Waals surface area contributed by atoms with Gasteiger partial charge in [0, 0.05) is 26.2 Å². The first-order valence-corrected chi connectivity index (χ1v) is 8.79. The van der Waals surface area contributed by atoms with E-state index < -0.39 is 0 Å². The molecule has 1 atom stereocenters. The van der Waals surface area contributed by atoms with E-state index in [1.165, 1.54) is 5.56 Å². The molecule has 1 heterocycles. The van der Waals surface area contributed by atoms with E-state index in [1.54, 1.807) is 0 Å². The quantitative estimate of drug-likeness (QED) is 0.559. The molecule has 1 unspecified atom stereocenters. The van der Waals surface area contributed by atoms with Crippen LogP contribution in [0, 0.1) is 5.92 Å². The van der Waals surface area contributed by atoms with E-state index >= 15 is 0 Å². The first-order valence-electron chi connectivity index (χ1n) is 6.08. The average Bonchev–Trinajstić information content (AvgIpc) is 2.43. The molecule has 0 aliphatic carbocycles. The van der Waals surface area contributed by atoms with E-state index in [4.69, 9.17) is 0 Å². The van der Waals surface area contributed by atoms with Crippen LogP contribution in [0.1, 0.15) is 11.3 Å². The van der Waals surface area contributed by atoms with Crippen molar-refractivity contribution in [2.24, 2.45) is 5.92 Å². The van der Waals surface area contributed by atoms with Crippen molar-refractivity contribution in [2.75, 3.05) is 5.33 Å². The molecule has 2 aromatic rings. The summed E-state index contributed by atoms with van der Waals surface area (Å²) < 4.78 is 2.15. The Hall–Kier alpha value is -0.190. The first kappa shape index (κ1) is 15.2. The number of nitrogens with zero attached hydrogens (tertiary/aromatic N) is 1. The number of benzene rings is 1. The van der Waals surface area contributed by atoms with Crippen LogP contribution >= 0.6 is 47.8 Å². The molecule has 0 aliphatic heterocycles. The Morgan fingerprint density at radius 1 is 0.895 bits per heavy atom. The number of hydrogen-bond donors (Lipinski definition) is 0. The van der Waals surface area contributed by atoms with Gasteiger partial charge >= 0.3 is 0 Å². The van der Waals surface area contributed by atoms with Gasteiger partial charge in [-0.15, -0.1) is 0 Å². The van der Waals surface area contributed by atoms with Gasteiger partial charge in [0.15, 0.2) is 0 Å². The van der Waals surface area contributed by atoms with E-state index in [0.717, 1.165) is 32.8 Å². The summed E-state index contributed by atoms with van der Waals surface area (Å²) in [5, 5.41) is 0.987. The van der Waals surface area contributed by atoms with E-state index in [2.05, 4.69) is 83.1 Å². The predicted octanol–water partition coefficient (Wildman–Crippen LogP) is 5.40. The van der Waals surface area contributed by atoms with E-state index in [-0.39, 0.29) is 0 Å². The Kier molecular flexibility index (Phi) is 6.05. The van der Waals surface area contributed by atoms with Crippen molar-refractivity contribution >= 4 is 47.8 Å². The summed E-state index contributed by atoms with van der Waals surface area (Å²) in [7, 11) is 0. The molecule has 0 radical (unpaired) electrons. The maximum absolute atomic E-state index is 4.45. The normalized spacial score (nSPS) is 12.4. The molecule has 0 spiro atoms. The molecule has 19 heavy (non-hydrogen) atoms. The van der Waals surface area contributed by atoms with Gasteiger partial charge in [-0.1, -0.05) is 44.0 Å². The lowest BCUT2D eigenvalue weighted by Gasteiger charge is -2.13. The van der Waals surface area contributed by atoms with Crippen LogP contribution in [0.4, 0.5) is 0 Å². The number of aromatic nitrogens is 1. The highest BCUT2D eigenvalue weighted by atomic mass is 79.9. The molecule has 2 rings (SSSR count). The second-order valence-electron chi connectivity index (χ2n) is 4.52. The summed E-state index contributed by atoms with van der Waals surface area (Å²) in [6.45, 7) is 0. The van der Waals surface area contributed by atoms with Gasteiger partial charge in [0.2, 0.25) is 0 Å². The summed E-state index contributed by atoms with van der Waals surface area (Å²) in [6, 6.07) is 12.7. The minimum atomic E-state index is 0.565. The molecule has 0 amide bonds. The third kappa shape index (κ3) is 5.01. The third-order valence-electron chi connectivity index (χ3n) is 2.94. The highest BCUT2D eigenvalue weighted by Gasteiger charge is 2.10. The van der Waals surface area contributed by atoms with Crippen molar-refractivity contribution in [1.82, 2.24) is 4.98 Å². The van der Waals surface area contributed by atoms with Gasteiger partial charge in [0.05, 0.1) is 0 Å². The number of halogens is 3. The third-order valence-corrected chi connectivity index (χ3v) is 4.86. The molecule has 0 aliphatic rings. The van der Waals surface area contributed by atoms with Crippen LogP contribution in [0.2, 0.25) is 0 Å². The lowest BCUT2D eigenvalue weighted by molar-refractivity contribution is 0.582. The molecule has 0 saturated heterocycles. The van der Waals surface area contributed by atoms with Gasteiger partial charge in [-0.25, -0.2) is 0 Å². The van der Waals surface area contributed by atoms with Gasteiger partial charge in [-0.05, 0) is 64.5 Å². The van der Waals surface area contributed by atoms with Crippen LogP contribution in [0.15, 0.2) is 51.5 Å². The largest absolute Gasteiger partial charge is 0.260 e. The molecule has 1 aromatic carbocycles. The smallest absolute Gasteiger partial charge is 0.0413 e. The Bertz CT molecular complexity index is 460. The number of hydrogen-bond acceptors (Lipinski definition) is 1. The molecule has 4 heteroatoms. The fourth-order valence-corrected chi connectivity index (χ4v) is 2.91. The second kappa shape index (κ2) is 7.55. The maximum Gasteiger partial charge on any atom is 0.0413 e. The first-order chi connectivity index (χ1) is 9.17. The molecule has 0 fully saturated rings. The van der Waals surface area contributed by atoms with Crippen molar-refractivity contribution in [2.45, 2.75) is 12.8 Å². The summed E-state index contributed by atoms with van der Waals surface area (Å²) in [4.78, 5) is 4.45. The minimum absolute atomic E-state index is 0.565. The van der Waals surface area contributed by atoms with Gasteiger partial charge in [0.1, 0.15) is 0 Å². The molecule has 1 aromatic heterocycles. The lowest BCUT2D eigenvalue weighted by atomic mass is 9.96. The minimum Gasteiger partial charge on any atom is -0.260 e. The number of pyridine rings is 1. The van der Waals surface area contributed by atoms with Crippen molar-refractivity contribution in [3.8, 4) is 0 Å². The summed E-state index contributed by atoms with van der Waals surface area (Å²) in [6.07, 6.45) is 3.92.